The summed E-state index contributed by atoms with van der Waals surface area (Å²) in [5, 5.41) is 0. The molecule has 0 aromatic heterocycles. The average Bonchev–Trinajstić information content (AvgIpc) is 2.48. The first-order valence-corrected chi connectivity index (χ1v) is 11.2. The fraction of sp³-hybridized carbons (Fsp3) is 0.684. The van der Waals surface area contributed by atoms with Crippen LogP contribution in [0.25, 0.3) is 0 Å². The van der Waals surface area contributed by atoms with Crippen LogP contribution in [0, 0.1) is 5.92 Å². The first-order valence-electron chi connectivity index (χ1n) is 9.26. The Balaban J connectivity index is 1.41. The third kappa shape index (κ3) is 5.30. The van der Waals surface area contributed by atoms with Gasteiger partial charge >= 0.3 is 0 Å². The number of hydrogen-bond donors (Lipinski definition) is 1. The fourth-order valence-electron chi connectivity index (χ4n) is 3.83. The van der Waals surface area contributed by atoms with E-state index in [9.17, 15) is 8.42 Å². The van der Waals surface area contributed by atoms with Gasteiger partial charge in [0.15, 0.2) is 0 Å². The molecule has 0 spiro atoms. The normalized spacial score (nSPS) is 20.9. The van der Waals surface area contributed by atoms with E-state index in [0.717, 1.165) is 18.4 Å². The van der Waals surface area contributed by atoms with E-state index in [4.69, 9.17) is 0 Å². The predicted octanol–water partition coefficient (Wildman–Crippen LogP) is 2.59. The van der Waals surface area contributed by atoms with Gasteiger partial charge in [-0.2, -0.15) is 0 Å². The van der Waals surface area contributed by atoms with Crippen molar-refractivity contribution in [1.29, 1.82) is 0 Å². The number of piperidine rings is 1. The Labute approximate surface area is 146 Å². The molecule has 5 heteroatoms. The molecule has 134 valence electrons. The van der Waals surface area contributed by atoms with Gasteiger partial charge in [-0.05, 0) is 68.7 Å². The number of rotatable bonds is 7. The van der Waals surface area contributed by atoms with E-state index < -0.39 is 10.0 Å². The predicted molar refractivity (Wildman–Crippen MR) is 98.6 cm³/mol. The van der Waals surface area contributed by atoms with Crippen molar-refractivity contribution < 1.29 is 8.42 Å². The molecule has 1 saturated heterocycles. The number of benzene rings is 1. The second-order valence-corrected chi connectivity index (χ2v) is 9.33. The zero-order valence-corrected chi connectivity index (χ0v) is 15.5. The van der Waals surface area contributed by atoms with Gasteiger partial charge in [0.25, 0.3) is 0 Å². The van der Waals surface area contributed by atoms with E-state index in [0.29, 0.717) is 6.54 Å². The maximum atomic E-state index is 11.1. The minimum atomic E-state index is -3.08. The van der Waals surface area contributed by atoms with E-state index in [-0.39, 0.29) is 0 Å². The maximum absolute atomic E-state index is 11.1. The molecule has 1 aliphatic heterocycles. The summed E-state index contributed by atoms with van der Waals surface area (Å²) in [7, 11) is -3.08. The van der Waals surface area contributed by atoms with Gasteiger partial charge in [0.05, 0.1) is 6.26 Å². The highest BCUT2D eigenvalue weighted by Crippen LogP contribution is 2.30. The molecule has 0 unspecified atom stereocenters. The lowest BCUT2D eigenvalue weighted by Crippen LogP contribution is -2.45. The first kappa shape index (κ1) is 17.9. The highest BCUT2D eigenvalue weighted by atomic mass is 32.2. The molecule has 4 nitrogen and oxygen atoms in total. The van der Waals surface area contributed by atoms with E-state index >= 15 is 0 Å². The summed E-state index contributed by atoms with van der Waals surface area (Å²) in [6.07, 6.45) is 10.0. The highest BCUT2D eigenvalue weighted by molar-refractivity contribution is 7.88. The molecule has 0 amide bonds. The largest absolute Gasteiger partial charge is 0.300 e. The standard InChI is InChI=1S/C19H30N2O2S/c1-24(22,23)20-12-9-16-5-7-17(8-6-16)15-18-10-13-21(14-11-18)19-3-2-4-19/h5-8,18-20H,2-4,9-15H2,1H3. The van der Waals surface area contributed by atoms with Crippen LogP contribution in [0.5, 0.6) is 0 Å². The Morgan fingerprint density at radius 2 is 1.67 bits per heavy atom. The molecular formula is C19H30N2O2S. The van der Waals surface area contributed by atoms with Crippen molar-refractivity contribution in [3.8, 4) is 0 Å². The molecule has 24 heavy (non-hydrogen) atoms. The van der Waals surface area contributed by atoms with E-state index in [1.165, 1.54) is 69.0 Å². The SMILES string of the molecule is CS(=O)(=O)NCCc1ccc(CC2CCN(C3CCC3)CC2)cc1. The number of sulfonamides is 1. The van der Waals surface area contributed by atoms with E-state index in [1.807, 2.05) is 0 Å². The summed E-state index contributed by atoms with van der Waals surface area (Å²) in [5.41, 5.74) is 2.60. The van der Waals surface area contributed by atoms with Crippen molar-refractivity contribution in [3.05, 3.63) is 35.4 Å². The first-order chi connectivity index (χ1) is 11.5. The van der Waals surface area contributed by atoms with Gasteiger partial charge in [0.2, 0.25) is 10.0 Å². The van der Waals surface area contributed by atoms with Crippen LogP contribution in [0.2, 0.25) is 0 Å². The lowest BCUT2D eigenvalue weighted by molar-refractivity contribution is 0.0847. The molecule has 0 radical (unpaired) electrons. The molecule has 1 aromatic rings. The lowest BCUT2D eigenvalue weighted by Gasteiger charge is -2.41. The Bertz CT molecular complexity index is 615. The minimum absolute atomic E-state index is 0.470. The summed E-state index contributed by atoms with van der Waals surface area (Å²) in [6.45, 7) is 3.03. The second-order valence-electron chi connectivity index (χ2n) is 7.50. The Hall–Kier alpha value is -0.910. The zero-order chi connectivity index (χ0) is 17.0. The zero-order valence-electron chi connectivity index (χ0n) is 14.7. The topological polar surface area (TPSA) is 49.4 Å². The number of nitrogens with zero attached hydrogens (tertiary/aromatic N) is 1. The van der Waals surface area contributed by atoms with Crippen molar-refractivity contribution in [3.63, 3.8) is 0 Å². The highest BCUT2D eigenvalue weighted by Gasteiger charge is 2.28. The smallest absolute Gasteiger partial charge is 0.208 e. The third-order valence-corrected chi connectivity index (χ3v) is 6.29. The molecule has 1 heterocycles. The van der Waals surface area contributed by atoms with Crippen molar-refractivity contribution in [1.82, 2.24) is 9.62 Å². The summed E-state index contributed by atoms with van der Waals surface area (Å²) in [5.74, 6) is 0.819. The van der Waals surface area contributed by atoms with Gasteiger partial charge in [-0.25, -0.2) is 13.1 Å². The van der Waals surface area contributed by atoms with E-state index in [2.05, 4.69) is 33.9 Å². The molecular weight excluding hydrogens is 320 g/mol. The van der Waals surface area contributed by atoms with Crippen LogP contribution in [0.1, 0.15) is 43.2 Å². The quantitative estimate of drug-likeness (QED) is 0.822. The van der Waals surface area contributed by atoms with Crippen LogP contribution in [-0.2, 0) is 22.9 Å². The molecule has 1 aromatic carbocycles. The van der Waals surface area contributed by atoms with Crippen molar-refractivity contribution in [2.75, 3.05) is 25.9 Å². The summed E-state index contributed by atoms with van der Waals surface area (Å²) < 4.78 is 24.7. The molecule has 3 rings (SSSR count). The van der Waals surface area contributed by atoms with Crippen LogP contribution in [0.3, 0.4) is 0 Å². The number of likely N-dealkylation sites (tertiary alicyclic amines) is 1. The Morgan fingerprint density at radius 1 is 1.04 bits per heavy atom. The van der Waals surface area contributed by atoms with Crippen molar-refractivity contribution in [2.45, 2.75) is 51.0 Å². The van der Waals surface area contributed by atoms with Gasteiger partial charge in [0.1, 0.15) is 0 Å². The summed E-state index contributed by atoms with van der Waals surface area (Å²) in [6, 6.07) is 9.61. The molecule has 1 saturated carbocycles. The molecule has 2 aliphatic rings. The molecule has 0 atom stereocenters. The van der Waals surface area contributed by atoms with Crippen LogP contribution in [-0.4, -0.2) is 45.2 Å². The molecule has 2 fully saturated rings. The van der Waals surface area contributed by atoms with Crippen LogP contribution in [0.4, 0.5) is 0 Å². The minimum Gasteiger partial charge on any atom is -0.300 e. The van der Waals surface area contributed by atoms with Crippen LogP contribution >= 0.6 is 0 Å². The van der Waals surface area contributed by atoms with Crippen molar-refractivity contribution in [2.24, 2.45) is 5.92 Å². The number of nitrogens with one attached hydrogen (secondary N) is 1. The van der Waals surface area contributed by atoms with E-state index in [1.54, 1.807) is 0 Å². The monoisotopic (exact) mass is 350 g/mol. The van der Waals surface area contributed by atoms with Crippen molar-refractivity contribution >= 4 is 10.0 Å². The average molecular weight is 351 g/mol. The molecule has 1 aliphatic carbocycles. The summed E-state index contributed by atoms with van der Waals surface area (Å²) in [4.78, 5) is 2.71. The Kier molecular flexibility index (Phi) is 5.95. The maximum Gasteiger partial charge on any atom is 0.208 e. The molecule has 0 bridgehead atoms. The third-order valence-electron chi connectivity index (χ3n) is 5.57. The summed E-state index contributed by atoms with van der Waals surface area (Å²) >= 11 is 0. The second kappa shape index (κ2) is 7.98. The number of hydrogen-bond acceptors (Lipinski definition) is 3. The fourth-order valence-corrected chi connectivity index (χ4v) is 4.30. The van der Waals surface area contributed by atoms with Gasteiger partial charge in [0, 0.05) is 12.6 Å². The van der Waals surface area contributed by atoms with Gasteiger partial charge < -0.3 is 4.90 Å². The van der Waals surface area contributed by atoms with Crippen LogP contribution in [0.15, 0.2) is 24.3 Å². The van der Waals surface area contributed by atoms with Crippen LogP contribution < -0.4 is 4.72 Å². The van der Waals surface area contributed by atoms with Gasteiger partial charge in [-0.3, -0.25) is 0 Å². The van der Waals surface area contributed by atoms with Gasteiger partial charge in [-0.15, -0.1) is 0 Å². The van der Waals surface area contributed by atoms with Gasteiger partial charge in [-0.1, -0.05) is 30.7 Å². The Morgan fingerprint density at radius 3 is 2.21 bits per heavy atom. The molecule has 1 N–H and O–H groups in total. The lowest BCUT2D eigenvalue weighted by atomic mass is 9.85.